The topological polar surface area (TPSA) is 61.8 Å². The van der Waals surface area contributed by atoms with Gasteiger partial charge in [0.05, 0.1) is 12.2 Å². The van der Waals surface area contributed by atoms with Gasteiger partial charge in [-0.25, -0.2) is 27.2 Å². The number of halogens is 4. The van der Waals surface area contributed by atoms with Gasteiger partial charge in [0.15, 0.2) is 11.6 Å². The second-order valence-electron chi connectivity index (χ2n) is 8.73. The normalized spacial score (nSPS) is 10.7. The van der Waals surface area contributed by atoms with E-state index in [4.69, 9.17) is 14.2 Å². The van der Waals surface area contributed by atoms with Crippen molar-refractivity contribution in [3.63, 3.8) is 0 Å². The zero-order valence-electron chi connectivity index (χ0n) is 21.7. The van der Waals surface area contributed by atoms with Crippen molar-refractivity contribution in [1.29, 1.82) is 0 Å². The van der Waals surface area contributed by atoms with Crippen LogP contribution in [0.4, 0.5) is 17.6 Å². The molecule has 0 aliphatic rings. The summed E-state index contributed by atoms with van der Waals surface area (Å²) in [6.07, 6.45) is 0.937. The Labute approximate surface area is 232 Å². The molecule has 0 aliphatic carbocycles. The molecular formula is C32H22F4O5. The van der Waals surface area contributed by atoms with Gasteiger partial charge in [-0.3, -0.25) is 0 Å². The van der Waals surface area contributed by atoms with Crippen molar-refractivity contribution < 1.29 is 41.4 Å². The van der Waals surface area contributed by atoms with Crippen molar-refractivity contribution in [3.05, 3.63) is 121 Å². The summed E-state index contributed by atoms with van der Waals surface area (Å²) < 4.78 is 74.1. The maximum Gasteiger partial charge on any atom is 0.341 e. The molecular weight excluding hydrogens is 540 g/mol. The highest BCUT2D eigenvalue weighted by Gasteiger charge is 2.17. The number of carbonyl (C=O) groups is 2. The molecule has 0 radical (unpaired) electrons. The smallest absolute Gasteiger partial charge is 0.341 e. The summed E-state index contributed by atoms with van der Waals surface area (Å²) in [5.41, 5.74) is 0.721. The van der Waals surface area contributed by atoms with Crippen molar-refractivity contribution in [1.82, 2.24) is 0 Å². The fourth-order valence-electron chi connectivity index (χ4n) is 3.94. The molecule has 4 aromatic rings. The molecule has 0 spiro atoms. The van der Waals surface area contributed by atoms with Crippen LogP contribution < -0.4 is 9.47 Å². The van der Waals surface area contributed by atoms with Crippen molar-refractivity contribution >= 4 is 11.9 Å². The number of esters is 2. The number of benzene rings is 4. The lowest BCUT2D eigenvalue weighted by atomic mass is 9.97. The predicted molar refractivity (Wildman–Crippen MR) is 145 cm³/mol. The average Bonchev–Trinajstić information content (AvgIpc) is 2.94. The average molecular weight is 563 g/mol. The summed E-state index contributed by atoms with van der Waals surface area (Å²) in [6.45, 7) is 6.68. The molecule has 4 rings (SSSR count). The van der Waals surface area contributed by atoms with Crippen LogP contribution in [0.1, 0.15) is 0 Å². The van der Waals surface area contributed by atoms with Crippen LogP contribution in [0, 0.1) is 23.3 Å². The minimum absolute atomic E-state index is 0.00698. The summed E-state index contributed by atoms with van der Waals surface area (Å²) in [4.78, 5) is 23.3. The molecule has 0 fully saturated rings. The van der Waals surface area contributed by atoms with E-state index in [1.807, 2.05) is 0 Å². The second-order valence-corrected chi connectivity index (χ2v) is 8.73. The summed E-state index contributed by atoms with van der Waals surface area (Å²) in [7, 11) is 1.37. The van der Waals surface area contributed by atoms with Gasteiger partial charge in [-0.2, -0.15) is 0 Å². The van der Waals surface area contributed by atoms with Crippen LogP contribution in [0.5, 0.6) is 11.5 Å². The Morgan fingerprint density at radius 3 is 1.66 bits per heavy atom. The lowest BCUT2D eigenvalue weighted by molar-refractivity contribution is -0.131. The summed E-state index contributed by atoms with van der Waals surface area (Å²) in [6, 6.07) is 15.1. The number of methoxy groups -OCH3 is 1. The fourth-order valence-corrected chi connectivity index (χ4v) is 3.94. The first-order valence-corrected chi connectivity index (χ1v) is 12.0. The number of carbonyl (C=O) groups excluding carboxylic acids is 2. The molecule has 0 amide bonds. The molecule has 0 bridgehead atoms. The van der Waals surface area contributed by atoms with Crippen molar-refractivity contribution in [2.45, 2.75) is 0 Å². The lowest BCUT2D eigenvalue weighted by Crippen LogP contribution is -2.14. The standard InChI is InChI=1S/C32H22F4O5/c1-4-31(37)40-22-8-11-25(28(35)16-22)20-6-9-23(26(33)14-20)19-5-10-24(27(34)13-19)21-7-12-30(29(36)15-21)41-32(38)18(2)17-39-3/h4-16H,1-2,17H2,3H3. The van der Waals surface area contributed by atoms with Crippen LogP contribution in [-0.4, -0.2) is 25.7 Å². The highest BCUT2D eigenvalue weighted by molar-refractivity contribution is 5.90. The van der Waals surface area contributed by atoms with E-state index >= 15 is 8.78 Å². The fraction of sp³-hybridized carbons (Fsp3) is 0.0625. The Hall–Kier alpha value is -5.02. The molecule has 0 N–H and O–H groups in total. The first-order chi connectivity index (χ1) is 19.6. The minimum atomic E-state index is -0.898. The molecule has 5 nitrogen and oxygen atoms in total. The Kier molecular flexibility index (Phi) is 8.79. The van der Waals surface area contributed by atoms with Gasteiger partial charge in [0, 0.05) is 35.9 Å². The van der Waals surface area contributed by atoms with Gasteiger partial charge < -0.3 is 14.2 Å². The number of hydrogen-bond donors (Lipinski definition) is 0. The monoisotopic (exact) mass is 562 g/mol. The zero-order chi connectivity index (χ0) is 29.7. The lowest BCUT2D eigenvalue weighted by Gasteiger charge is -2.11. The molecule has 9 heteroatoms. The summed E-state index contributed by atoms with van der Waals surface area (Å²) in [5, 5.41) is 0. The van der Waals surface area contributed by atoms with Crippen LogP contribution in [0.2, 0.25) is 0 Å². The molecule has 208 valence electrons. The van der Waals surface area contributed by atoms with Crippen molar-refractivity contribution in [2.24, 2.45) is 0 Å². The van der Waals surface area contributed by atoms with Crippen LogP contribution in [0.25, 0.3) is 33.4 Å². The van der Waals surface area contributed by atoms with Gasteiger partial charge in [-0.05, 0) is 53.1 Å². The minimum Gasteiger partial charge on any atom is -0.423 e. The molecule has 41 heavy (non-hydrogen) atoms. The maximum atomic E-state index is 15.1. The maximum absolute atomic E-state index is 15.1. The van der Waals surface area contributed by atoms with Crippen molar-refractivity contribution in [2.75, 3.05) is 13.7 Å². The van der Waals surface area contributed by atoms with E-state index in [0.29, 0.717) is 0 Å². The number of rotatable bonds is 9. The van der Waals surface area contributed by atoms with E-state index in [0.717, 1.165) is 30.3 Å². The summed E-state index contributed by atoms with van der Waals surface area (Å²) >= 11 is 0. The van der Waals surface area contributed by atoms with Gasteiger partial charge in [-0.15, -0.1) is 0 Å². The van der Waals surface area contributed by atoms with Gasteiger partial charge in [0.2, 0.25) is 0 Å². The molecule has 4 aromatic carbocycles. The van der Waals surface area contributed by atoms with E-state index in [2.05, 4.69) is 13.2 Å². The molecule has 0 saturated carbocycles. The van der Waals surface area contributed by atoms with Crippen LogP contribution in [0.15, 0.2) is 97.6 Å². The highest BCUT2D eigenvalue weighted by atomic mass is 19.1. The predicted octanol–water partition coefficient (Wildman–Crippen LogP) is 7.44. The third kappa shape index (κ3) is 6.59. The van der Waals surface area contributed by atoms with Gasteiger partial charge in [0.1, 0.15) is 23.2 Å². The quantitative estimate of drug-likeness (QED) is 0.0918. The zero-order valence-corrected chi connectivity index (χ0v) is 21.7. The number of hydrogen-bond acceptors (Lipinski definition) is 5. The largest absolute Gasteiger partial charge is 0.423 e. The van der Waals surface area contributed by atoms with Gasteiger partial charge >= 0.3 is 11.9 Å². The first kappa shape index (κ1) is 29.0. The number of ether oxygens (including phenoxy) is 3. The molecule has 0 heterocycles. The molecule has 0 saturated heterocycles. The molecule has 0 aromatic heterocycles. The van der Waals surface area contributed by atoms with Gasteiger partial charge in [-0.1, -0.05) is 43.5 Å². The Morgan fingerprint density at radius 2 is 1.20 bits per heavy atom. The van der Waals surface area contributed by atoms with E-state index in [1.54, 1.807) is 0 Å². The van der Waals surface area contributed by atoms with Crippen LogP contribution in [-0.2, 0) is 14.3 Å². The Morgan fingerprint density at radius 1 is 0.707 bits per heavy atom. The molecule has 0 atom stereocenters. The summed E-state index contributed by atoms with van der Waals surface area (Å²) in [5.74, 6) is -5.14. The first-order valence-electron chi connectivity index (χ1n) is 12.0. The van der Waals surface area contributed by atoms with Gasteiger partial charge in [0.25, 0.3) is 0 Å². The third-order valence-electron chi connectivity index (χ3n) is 5.94. The van der Waals surface area contributed by atoms with Crippen LogP contribution in [0.3, 0.4) is 0 Å². The Bertz CT molecular complexity index is 1680. The van der Waals surface area contributed by atoms with E-state index in [1.165, 1.54) is 55.6 Å². The molecule has 0 aliphatic heterocycles. The molecule has 0 unspecified atom stereocenters. The second kappa shape index (κ2) is 12.4. The van der Waals surface area contributed by atoms with E-state index < -0.39 is 35.2 Å². The third-order valence-corrected chi connectivity index (χ3v) is 5.94. The SMILES string of the molecule is C=CC(=O)Oc1ccc(-c2ccc(-c3ccc(-c4ccc(OC(=O)C(=C)COC)c(F)c4)c(F)c3)c(F)c2)c(F)c1. The van der Waals surface area contributed by atoms with Crippen LogP contribution >= 0.6 is 0 Å². The van der Waals surface area contributed by atoms with E-state index in [9.17, 15) is 18.4 Å². The van der Waals surface area contributed by atoms with E-state index in [-0.39, 0.29) is 57.1 Å². The van der Waals surface area contributed by atoms with Crippen molar-refractivity contribution in [3.8, 4) is 44.9 Å². The highest BCUT2D eigenvalue weighted by Crippen LogP contribution is 2.34. The Balaban J connectivity index is 1.55.